The van der Waals surface area contributed by atoms with E-state index in [2.05, 4.69) is 31.3 Å². The van der Waals surface area contributed by atoms with Gasteiger partial charge in [0.05, 0.1) is 24.7 Å². The lowest BCUT2D eigenvalue weighted by Gasteiger charge is -2.55. The van der Waals surface area contributed by atoms with Gasteiger partial charge >= 0.3 is 5.97 Å². The van der Waals surface area contributed by atoms with Crippen LogP contribution in [-0.4, -0.2) is 35.7 Å². The summed E-state index contributed by atoms with van der Waals surface area (Å²) in [6.07, 6.45) is 12.7. The van der Waals surface area contributed by atoms with Gasteiger partial charge in [0.15, 0.2) is 0 Å². The number of piperidine rings is 2. The minimum atomic E-state index is -0.164. The Morgan fingerprint density at radius 2 is 1.48 bits per heavy atom. The summed E-state index contributed by atoms with van der Waals surface area (Å²) in [6, 6.07) is 20.2. The van der Waals surface area contributed by atoms with Crippen molar-refractivity contribution in [3.63, 3.8) is 0 Å². The summed E-state index contributed by atoms with van der Waals surface area (Å²) in [5.41, 5.74) is 3.67. The molecule has 2 unspecified atom stereocenters. The smallest absolute Gasteiger partial charge is 0.338 e. The van der Waals surface area contributed by atoms with Gasteiger partial charge < -0.3 is 26.2 Å². The second kappa shape index (κ2) is 10.7. The third-order valence-electron chi connectivity index (χ3n) is 8.68. The van der Waals surface area contributed by atoms with Crippen LogP contribution in [0.3, 0.4) is 0 Å². The fourth-order valence-corrected chi connectivity index (χ4v) is 6.77. The van der Waals surface area contributed by atoms with E-state index in [9.17, 15) is 4.79 Å². The molecule has 178 valence electrons. The predicted molar refractivity (Wildman–Crippen MR) is 128 cm³/mol. The molecular weight excluding hydrogens is 474 g/mol. The highest BCUT2D eigenvalue weighted by atomic mass is 79.9. The fourth-order valence-electron chi connectivity index (χ4n) is 6.77. The van der Waals surface area contributed by atoms with Gasteiger partial charge in [-0.25, -0.2) is 4.79 Å². The molecule has 2 saturated heterocycles. The second-order valence-electron chi connectivity index (χ2n) is 10.7. The maximum Gasteiger partial charge on any atom is 0.338 e. The quantitative estimate of drug-likeness (QED) is 0.452. The Balaban J connectivity index is 0.00000259. The summed E-state index contributed by atoms with van der Waals surface area (Å²) in [4.78, 5) is 12.6. The van der Waals surface area contributed by atoms with E-state index in [0.717, 1.165) is 29.8 Å². The average Bonchev–Trinajstić information content (AvgIpc) is 2.81. The lowest BCUT2D eigenvalue weighted by molar-refractivity contribution is -0.979. The Morgan fingerprint density at radius 3 is 2.12 bits per heavy atom. The van der Waals surface area contributed by atoms with Crippen LogP contribution >= 0.6 is 0 Å². The van der Waals surface area contributed by atoms with Crippen molar-refractivity contribution in [3.8, 4) is 0 Å². The molecule has 2 aliphatic heterocycles. The van der Waals surface area contributed by atoms with Gasteiger partial charge in [-0.15, -0.1) is 0 Å². The highest BCUT2D eigenvalue weighted by molar-refractivity contribution is 5.89. The van der Waals surface area contributed by atoms with E-state index in [0.29, 0.717) is 17.6 Å². The Bertz CT molecular complexity index is 893. The molecule has 2 aromatic carbocycles. The predicted octanol–water partition coefficient (Wildman–Crippen LogP) is 3.63. The standard InChI is InChI=1S/C29H38NO2.BrH/c1-30(21-22-15-17-24(18-16-22)23-9-4-2-5-10-23)26-13-8-14-27(30)20-28(19-26)32-29(31)25-11-6-3-7-12-25;/h3,6-7,11-12,15-18,23,26-28H,2,4-5,8-10,13-14,19-21H2,1H3;1H/q+1;/p-1. The van der Waals surface area contributed by atoms with E-state index in [1.165, 1.54) is 56.9 Å². The SMILES string of the molecule is C[N+]1(Cc2ccc(C3CCCCC3)cc2)C2CCCC1CC(OC(=O)c1ccccc1)C2.[Br-]. The lowest BCUT2D eigenvalue weighted by atomic mass is 9.79. The molecule has 0 aromatic heterocycles. The van der Waals surface area contributed by atoms with Crippen molar-refractivity contribution < 1.29 is 31.0 Å². The molecule has 3 aliphatic rings. The highest BCUT2D eigenvalue weighted by Gasteiger charge is 2.49. The molecule has 2 bridgehead atoms. The summed E-state index contributed by atoms with van der Waals surface area (Å²) < 4.78 is 7.10. The van der Waals surface area contributed by atoms with E-state index >= 15 is 0 Å². The van der Waals surface area contributed by atoms with E-state index in [1.54, 1.807) is 5.56 Å². The van der Waals surface area contributed by atoms with Gasteiger partial charge in [-0.2, -0.15) is 0 Å². The fraction of sp³-hybridized carbons (Fsp3) is 0.552. The van der Waals surface area contributed by atoms with E-state index in [4.69, 9.17) is 4.74 Å². The molecule has 2 atom stereocenters. The molecule has 3 fully saturated rings. The molecule has 0 radical (unpaired) electrons. The van der Waals surface area contributed by atoms with Crippen LogP contribution < -0.4 is 17.0 Å². The number of quaternary nitrogens is 1. The van der Waals surface area contributed by atoms with Crippen LogP contribution in [-0.2, 0) is 11.3 Å². The zero-order valence-corrected chi connectivity index (χ0v) is 21.5. The Labute approximate surface area is 209 Å². The largest absolute Gasteiger partial charge is 1.00 e. The molecule has 3 nitrogen and oxygen atoms in total. The summed E-state index contributed by atoms with van der Waals surface area (Å²) in [5.74, 6) is 0.611. The maximum atomic E-state index is 12.6. The average molecular weight is 513 g/mol. The molecule has 5 rings (SSSR count). The first kappa shape index (κ1) is 24.5. The number of benzene rings is 2. The van der Waals surface area contributed by atoms with Crippen molar-refractivity contribution in [1.29, 1.82) is 0 Å². The number of nitrogens with zero attached hydrogens (tertiary/aromatic N) is 1. The molecule has 1 aliphatic carbocycles. The number of rotatable bonds is 5. The van der Waals surface area contributed by atoms with E-state index in [1.807, 2.05) is 30.3 Å². The van der Waals surface area contributed by atoms with Crippen molar-refractivity contribution in [2.45, 2.75) is 94.9 Å². The summed E-state index contributed by atoms with van der Waals surface area (Å²) >= 11 is 0. The lowest BCUT2D eigenvalue weighted by Crippen LogP contribution is -3.00. The number of hydrogen-bond acceptors (Lipinski definition) is 2. The molecular formula is C29H38BrNO2. The number of ether oxygens (including phenoxy) is 1. The summed E-state index contributed by atoms with van der Waals surface area (Å²) in [6.45, 7) is 1.10. The Hall–Kier alpha value is -1.65. The first-order chi connectivity index (χ1) is 15.6. The highest BCUT2D eigenvalue weighted by Crippen LogP contribution is 2.42. The number of carbonyl (C=O) groups is 1. The zero-order valence-electron chi connectivity index (χ0n) is 19.9. The van der Waals surface area contributed by atoms with Crippen molar-refractivity contribution in [3.05, 3.63) is 71.3 Å². The van der Waals surface area contributed by atoms with Gasteiger partial charge in [0, 0.05) is 18.4 Å². The molecule has 2 heterocycles. The topological polar surface area (TPSA) is 26.3 Å². The number of esters is 1. The first-order valence-electron chi connectivity index (χ1n) is 12.8. The number of fused-ring (bicyclic) bond motifs is 2. The maximum absolute atomic E-state index is 12.6. The van der Waals surface area contributed by atoms with Gasteiger partial charge in [0.2, 0.25) is 0 Å². The third kappa shape index (κ3) is 5.38. The van der Waals surface area contributed by atoms with Crippen molar-refractivity contribution in [2.24, 2.45) is 0 Å². The van der Waals surface area contributed by atoms with Crippen LogP contribution in [0.25, 0.3) is 0 Å². The minimum Gasteiger partial charge on any atom is -1.00 e. The number of carbonyl (C=O) groups excluding carboxylic acids is 1. The number of hydrogen-bond donors (Lipinski definition) is 0. The van der Waals surface area contributed by atoms with Crippen LogP contribution in [0.4, 0.5) is 0 Å². The van der Waals surface area contributed by atoms with Gasteiger partial charge in [0.1, 0.15) is 12.6 Å². The number of halogens is 1. The van der Waals surface area contributed by atoms with E-state index in [-0.39, 0.29) is 29.1 Å². The van der Waals surface area contributed by atoms with Crippen LogP contribution in [0.5, 0.6) is 0 Å². The molecule has 33 heavy (non-hydrogen) atoms. The van der Waals surface area contributed by atoms with Crippen LogP contribution in [0, 0.1) is 0 Å². The zero-order chi connectivity index (χ0) is 22.0. The molecule has 0 N–H and O–H groups in total. The van der Waals surface area contributed by atoms with E-state index < -0.39 is 0 Å². The molecule has 2 aromatic rings. The normalized spacial score (nSPS) is 29.7. The van der Waals surface area contributed by atoms with Gasteiger partial charge in [-0.3, -0.25) is 0 Å². The molecule has 0 spiro atoms. The van der Waals surface area contributed by atoms with Gasteiger partial charge in [-0.1, -0.05) is 61.7 Å². The second-order valence-corrected chi connectivity index (χ2v) is 10.7. The Morgan fingerprint density at radius 1 is 0.848 bits per heavy atom. The van der Waals surface area contributed by atoms with Gasteiger partial charge in [-0.05, 0) is 55.7 Å². The molecule has 0 amide bonds. The first-order valence-corrected chi connectivity index (χ1v) is 12.8. The van der Waals surface area contributed by atoms with Crippen molar-refractivity contribution in [1.82, 2.24) is 0 Å². The summed E-state index contributed by atoms with van der Waals surface area (Å²) in [5, 5.41) is 0. The van der Waals surface area contributed by atoms with Crippen molar-refractivity contribution >= 4 is 5.97 Å². The van der Waals surface area contributed by atoms with Crippen LogP contribution in [0.2, 0.25) is 0 Å². The molecule has 4 heteroatoms. The summed E-state index contributed by atoms with van der Waals surface area (Å²) in [7, 11) is 2.46. The van der Waals surface area contributed by atoms with Crippen LogP contribution in [0.1, 0.15) is 91.6 Å². The minimum absolute atomic E-state index is 0. The molecule has 1 saturated carbocycles. The Kier molecular flexibility index (Phi) is 7.96. The van der Waals surface area contributed by atoms with Crippen molar-refractivity contribution in [2.75, 3.05) is 7.05 Å². The van der Waals surface area contributed by atoms with Crippen LogP contribution in [0.15, 0.2) is 54.6 Å². The van der Waals surface area contributed by atoms with Gasteiger partial charge in [0.25, 0.3) is 0 Å². The third-order valence-corrected chi connectivity index (χ3v) is 8.68. The monoisotopic (exact) mass is 511 g/mol.